The van der Waals surface area contributed by atoms with Gasteiger partial charge in [0.25, 0.3) is 0 Å². The van der Waals surface area contributed by atoms with Gasteiger partial charge in [0.2, 0.25) is 17.6 Å². The summed E-state index contributed by atoms with van der Waals surface area (Å²) in [6.45, 7) is 0. The summed E-state index contributed by atoms with van der Waals surface area (Å²) in [7, 11) is 1.33. The van der Waals surface area contributed by atoms with Gasteiger partial charge in [0.15, 0.2) is 0 Å². The summed E-state index contributed by atoms with van der Waals surface area (Å²) < 4.78 is 10.1. The molecule has 31 heavy (non-hydrogen) atoms. The van der Waals surface area contributed by atoms with Gasteiger partial charge in [0.05, 0.1) is 19.2 Å². The predicted molar refractivity (Wildman–Crippen MR) is 111 cm³/mol. The number of ether oxygens (including phenoxy) is 1. The summed E-state index contributed by atoms with van der Waals surface area (Å²) in [6, 6.07) is 3.47. The Hall–Kier alpha value is -2.81. The van der Waals surface area contributed by atoms with E-state index in [1.807, 2.05) is 0 Å². The van der Waals surface area contributed by atoms with Crippen LogP contribution in [0, 0.1) is 5.92 Å². The SMILES string of the molecule is COC(=O)Cc1ccc(-c2noc(C(CCCC3CCCCC3)CC(=O)NO)n2)cn1. The lowest BCUT2D eigenvalue weighted by molar-refractivity contribution is -0.139. The zero-order valence-corrected chi connectivity index (χ0v) is 17.9. The highest BCUT2D eigenvalue weighted by Crippen LogP contribution is 2.31. The summed E-state index contributed by atoms with van der Waals surface area (Å²) >= 11 is 0. The Morgan fingerprint density at radius 3 is 2.77 bits per heavy atom. The maximum atomic E-state index is 11.8. The van der Waals surface area contributed by atoms with Crippen LogP contribution in [0.4, 0.5) is 0 Å². The molecular formula is C22H30N4O5. The van der Waals surface area contributed by atoms with E-state index in [9.17, 15) is 9.59 Å². The molecule has 168 valence electrons. The Labute approximate surface area is 181 Å². The van der Waals surface area contributed by atoms with E-state index >= 15 is 0 Å². The first-order valence-electron chi connectivity index (χ1n) is 10.9. The second kappa shape index (κ2) is 11.5. The zero-order valence-electron chi connectivity index (χ0n) is 17.9. The third-order valence-corrected chi connectivity index (χ3v) is 5.87. The molecule has 0 bridgehead atoms. The van der Waals surface area contributed by atoms with Crippen LogP contribution >= 0.6 is 0 Å². The number of hydrogen-bond acceptors (Lipinski definition) is 8. The molecule has 0 radical (unpaired) electrons. The Morgan fingerprint density at radius 1 is 1.29 bits per heavy atom. The van der Waals surface area contributed by atoms with Gasteiger partial charge in [-0.25, -0.2) is 5.48 Å². The van der Waals surface area contributed by atoms with Gasteiger partial charge in [-0.1, -0.05) is 50.1 Å². The van der Waals surface area contributed by atoms with Gasteiger partial charge in [-0.3, -0.25) is 19.8 Å². The Kier molecular flexibility index (Phi) is 8.52. The van der Waals surface area contributed by atoms with Crippen molar-refractivity contribution in [2.24, 2.45) is 5.92 Å². The van der Waals surface area contributed by atoms with E-state index in [4.69, 9.17) is 9.73 Å². The first kappa shape index (κ1) is 22.9. The topological polar surface area (TPSA) is 127 Å². The van der Waals surface area contributed by atoms with Crippen molar-refractivity contribution < 1.29 is 24.1 Å². The second-order valence-corrected chi connectivity index (χ2v) is 8.12. The molecule has 1 aliphatic rings. The van der Waals surface area contributed by atoms with Gasteiger partial charge < -0.3 is 9.26 Å². The van der Waals surface area contributed by atoms with Crippen LogP contribution in [0.25, 0.3) is 11.4 Å². The number of nitrogens with one attached hydrogen (secondary N) is 1. The molecule has 1 saturated carbocycles. The lowest BCUT2D eigenvalue weighted by Crippen LogP contribution is -2.21. The number of carbonyl (C=O) groups excluding carboxylic acids is 2. The van der Waals surface area contributed by atoms with Crippen LogP contribution < -0.4 is 5.48 Å². The van der Waals surface area contributed by atoms with Crippen molar-refractivity contribution >= 4 is 11.9 Å². The monoisotopic (exact) mass is 430 g/mol. The highest BCUT2D eigenvalue weighted by molar-refractivity contribution is 5.75. The van der Waals surface area contributed by atoms with E-state index in [2.05, 4.69) is 19.9 Å². The van der Waals surface area contributed by atoms with E-state index in [0.29, 0.717) is 23.0 Å². The predicted octanol–water partition coefficient (Wildman–Crippen LogP) is 3.58. The van der Waals surface area contributed by atoms with Crippen molar-refractivity contribution in [1.29, 1.82) is 0 Å². The summed E-state index contributed by atoms with van der Waals surface area (Å²) in [6.07, 6.45) is 11.1. The first-order chi connectivity index (χ1) is 15.1. The molecule has 0 aliphatic heterocycles. The van der Waals surface area contributed by atoms with Crippen molar-refractivity contribution in [2.75, 3.05) is 7.11 Å². The highest BCUT2D eigenvalue weighted by atomic mass is 16.5. The molecule has 2 aromatic heterocycles. The normalized spacial score (nSPS) is 15.4. The number of methoxy groups -OCH3 is 1. The average molecular weight is 431 g/mol. The molecule has 1 amide bonds. The number of aromatic nitrogens is 3. The number of rotatable bonds is 10. The summed E-state index contributed by atoms with van der Waals surface area (Å²) in [5.41, 5.74) is 2.93. The summed E-state index contributed by atoms with van der Waals surface area (Å²) in [5, 5.41) is 13.0. The quantitative estimate of drug-likeness (QED) is 0.333. The molecule has 9 heteroatoms. The van der Waals surface area contributed by atoms with Gasteiger partial charge in [0.1, 0.15) is 0 Å². The highest BCUT2D eigenvalue weighted by Gasteiger charge is 2.23. The molecule has 1 aliphatic carbocycles. The minimum atomic E-state index is -0.476. The molecule has 2 N–H and O–H groups in total. The zero-order chi connectivity index (χ0) is 22.1. The number of nitrogens with zero attached hydrogens (tertiary/aromatic N) is 3. The van der Waals surface area contributed by atoms with Crippen molar-refractivity contribution in [3.8, 4) is 11.4 Å². The molecule has 1 unspecified atom stereocenters. The average Bonchev–Trinajstić information content (AvgIpc) is 3.29. The summed E-state index contributed by atoms with van der Waals surface area (Å²) in [4.78, 5) is 31.9. The number of amides is 1. The molecule has 0 aromatic carbocycles. The molecule has 2 heterocycles. The number of hydroxylamine groups is 1. The fourth-order valence-corrected chi connectivity index (χ4v) is 4.11. The Balaban J connectivity index is 1.64. The second-order valence-electron chi connectivity index (χ2n) is 8.12. The van der Waals surface area contributed by atoms with Gasteiger partial charge >= 0.3 is 5.97 Å². The Morgan fingerprint density at radius 2 is 2.10 bits per heavy atom. The number of hydrogen-bond donors (Lipinski definition) is 2. The standard InChI is InChI=1S/C22H30N4O5/c1-30-20(28)13-18-11-10-17(14-23-18)21-24-22(31-26-21)16(12-19(27)25-29)9-5-8-15-6-3-2-4-7-15/h10-11,14-16,29H,2-9,12-13H2,1H3,(H,25,27). The van der Waals surface area contributed by atoms with Crippen molar-refractivity contribution in [2.45, 2.75) is 70.1 Å². The van der Waals surface area contributed by atoms with Crippen LogP contribution in [0.1, 0.15) is 75.3 Å². The molecule has 3 rings (SSSR count). The lowest BCUT2D eigenvalue weighted by atomic mass is 9.84. The van der Waals surface area contributed by atoms with Gasteiger partial charge in [0, 0.05) is 24.1 Å². The number of pyridine rings is 1. The third-order valence-electron chi connectivity index (χ3n) is 5.87. The van der Waals surface area contributed by atoms with Crippen molar-refractivity contribution in [3.63, 3.8) is 0 Å². The molecule has 0 spiro atoms. The van der Waals surface area contributed by atoms with Gasteiger partial charge in [-0.15, -0.1) is 0 Å². The van der Waals surface area contributed by atoms with Crippen LogP contribution in [-0.4, -0.2) is 39.3 Å². The minimum absolute atomic E-state index is 0.0825. The number of carbonyl (C=O) groups is 2. The summed E-state index contributed by atoms with van der Waals surface area (Å²) in [5.74, 6) is 0.406. The third kappa shape index (κ3) is 6.85. The lowest BCUT2D eigenvalue weighted by Gasteiger charge is -2.22. The molecule has 1 atom stereocenters. The van der Waals surface area contributed by atoms with E-state index in [0.717, 1.165) is 25.2 Å². The van der Waals surface area contributed by atoms with Crippen LogP contribution in [0.5, 0.6) is 0 Å². The van der Waals surface area contributed by atoms with E-state index < -0.39 is 5.91 Å². The fraction of sp³-hybridized carbons (Fsp3) is 0.591. The maximum Gasteiger partial charge on any atom is 0.311 e. The largest absolute Gasteiger partial charge is 0.469 e. The fourth-order valence-electron chi connectivity index (χ4n) is 4.11. The maximum absolute atomic E-state index is 11.8. The molecule has 9 nitrogen and oxygen atoms in total. The van der Waals surface area contributed by atoms with E-state index in [1.54, 1.807) is 23.8 Å². The van der Waals surface area contributed by atoms with Crippen LogP contribution in [0.3, 0.4) is 0 Å². The first-order valence-corrected chi connectivity index (χ1v) is 10.9. The number of esters is 1. The van der Waals surface area contributed by atoms with Crippen molar-refractivity contribution in [3.05, 3.63) is 29.9 Å². The van der Waals surface area contributed by atoms with Crippen LogP contribution in [0.15, 0.2) is 22.9 Å². The van der Waals surface area contributed by atoms with Crippen molar-refractivity contribution in [1.82, 2.24) is 20.6 Å². The molecular weight excluding hydrogens is 400 g/mol. The Bertz CT molecular complexity index is 846. The van der Waals surface area contributed by atoms with Gasteiger partial charge in [-0.05, 0) is 24.5 Å². The molecule has 2 aromatic rings. The molecule has 0 saturated heterocycles. The van der Waals surface area contributed by atoms with E-state index in [-0.39, 0.29) is 24.7 Å². The molecule has 1 fully saturated rings. The van der Waals surface area contributed by atoms with Crippen LogP contribution in [-0.2, 0) is 20.7 Å². The van der Waals surface area contributed by atoms with Gasteiger partial charge in [-0.2, -0.15) is 4.98 Å². The smallest absolute Gasteiger partial charge is 0.311 e. The van der Waals surface area contributed by atoms with E-state index in [1.165, 1.54) is 39.2 Å². The van der Waals surface area contributed by atoms with Crippen LogP contribution in [0.2, 0.25) is 0 Å². The minimum Gasteiger partial charge on any atom is -0.469 e.